The lowest BCUT2D eigenvalue weighted by molar-refractivity contribution is -0.142. The summed E-state index contributed by atoms with van der Waals surface area (Å²) >= 11 is 4.09. The fraction of sp³-hybridized carbons (Fsp3) is 0.762. The fourth-order valence-corrected chi connectivity index (χ4v) is 3.72. The number of amides is 3. The molecular formula is C21H37N3O7S. The summed E-state index contributed by atoms with van der Waals surface area (Å²) in [6.07, 6.45) is 1.41. The molecule has 0 aromatic rings. The average Bonchev–Trinajstić information content (AvgIpc) is 2.64. The molecule has 0 fully saturated rings. The first-order valence-corrected chi connectivity index (χ1v) is 11.2. The van der Waals surface area contributed by atoms with Gasteiger partial charge in [-0.3, -0.25) is 19.2 Å². The van der Waals surface area contributed by atoms with Crippen LogP contribution in [0.3, 0.4) is 0 Å². The number of hydrogen-bond donors (Lipinski definition) is 6. The number of hydrogen-bond acceptors (Lipinski definition) is 6. The van der Waals surface area contributed by atoms with E-state index in [-0.39, 0.29) is 30.6 Å². The summed E-state index contributed by atoms with van der Waals surface area (Å²) in [5.41, 5.74) is -0.750. The van der Waals surface area contributed by atoms with Crippen LogP contribution >= 0.6 is 12.6 Å². The molecule has 5 N–H and O–H groups in total. The van der Waals surface area contributed by atoms with Crippen molar-refractivity contribution in [3.8, 4) is 0 Å². The number of thiol groups is 1. The molecule has 0 heterocycles. The Morgan fingerprint density at radius 3 is 2.00 bits per heavy atom. The minimum absolute atomic E-state index is 0.0423. The number of carboxylic acids is 2. The normalized spacial score (nSPS) is 12.5. The van der Waals surface area contributed by atoms with Crippen molar-refractivity contribution in [2.45, 2.75) is 72.3 Å². The van der Waals surface area contributed by atoms with E-state index >= 15 is 0 Å². The van der Waals surface area contributed by atoms with Gasteiger partial charge in [-0.2, -0.15) is 12.6 Å². The summed E-state index contributed by atoms with van der Waals surface area (Å²) in [4.78, 5) is 57.8. The van der Waals surface area contributed by atoms with Crippen LogP contribution in [0.5, 0.6) is 0 Å². The van der Waals surface area contributed by atoms with Gasteiger partial charge >= 0.3 is 11.9 Å². The lowest BCUT2D eigenvalue weighted by Crippen LogP contribution is -2.44. The van der Waals surface area contributed by atoms with E-state index in [0.29, 0.717) is 31.6 Å². The van der Waals surface area contributed by atoms with Gasteiger partial charge in [0.1, 0.15) is 12.6 Å². The third-order valence-electron chi connectivity index (χ3n) is 4.65. The maximum Gasteiger partial charge on any atom is 0.326 e. The Balaban J connectivity index is 4.69. The molecule has 0 bridgehead atoms. The quantitative estimate of drug-likeness (QED) is 0.183. The Labute approximate surface area is 194 Å². The molecule has 3 amide bonds. The predicted octanol–water partition coefficient (Wildman–Crippen LogP) is 1.20. The second-order valence-electron chi connectivity index (χ2n) is 9.45. The Bertz CT molecular complexity index is 680. The van der Waals surface area contributed by atoms with Gasteiger partial charge in [0, 0.05) is 25.8 Å². The number of carbonyl (C=O) groups is 5. The van der Waals surface area contributed by atoms with E-state index in [1.807, 2.05) is 27.7 Å². The second kappa shape index (κ2) is 14.0. The third kappa shape index (κ3) is 14.7. The topological polar surface area (TPSA) is 162 Å². The molecule has 32 heavy (non-hydrogen) atoms. The molecule has 0 aromatic heterocycles. The van der Waals surface area contributed by atoms with Gasteiger partial charge in [0.15, 0.2) is 0 Å². The first-order valence-electron chi connectivity index (χ1n) is 10.6. The van der Waals surface area contributed by atoms with Gasteiger partial charge in [0.2, 0.25) is 17.7 Å². The van der Waals surface area contributed by atoms with E-state index in [2.05, 4.69) is 28.6 Å². The van der Waals surface area contributed by atoms with Crippen molar-refractivity contribution in [3.05, 3.63) is 0 Å². The number of nitrogens with one attached hydrogen (secondary N) is 3. The summed E-state index contributed by atoms with van der Waals surface area (Å²) < 4.78 is 0. The maximum absolute atomic E-state index is 12.5. The van der Waals surface area contributed by atoms with E-state index in [1.165, 1.54) is 0 Å². The van der Waals surface area contributed by atoms with E-state index in [1.54, 1.807) is 0 Å². The predicted molar refractivity (Wildman–Crippen MR) is 122 cm³/mol. The molecule has 0 aliphatic rings. The number of carbonyl (C=O) groups excluding carboxylic acids is 3. The number of rotatable bonds is 16. The van der Waals surface area contributed by atoms with Crippen molar-refractivity contribution in [1.29, 1.82) is 0 Å². The molecule has 1 atom stereocenters. The van der Waals surface area contributed by atoms with Crippen molar-refractivity contribution in [2.24, 2.45) is 10.8 Å². The molecule has 0 unspecified atom stereocenters. The molecule has 11 heteroatoms. The highest BCUT2D eigenvalue weighted by Crippen LogP contribution is 2.35. The molecule has 0 saturated heterocycles. The standard InChI is InChI=1S/C21H37N3O7S/c1-20(2,12-21(3,4)13-23-15(25)6-5-9-32)10-17(27)24-14(19(30)31)7-8-16(26)22-11-18(28)29/h14,32H,5-13H2,1-4H3,(H,22,26)(H,23,25)(H,24,27)(H,28,29)(H,30,31)/t14-/m0/s1. The van der Waals surface area contributed by atoms with Crippen molar-refractivity contribution < 1.29 is 34.2 Å². The smallest absolute Gasteiger partial charge is 0.326 e. The summed E-state index contributed by atoms with van der Waals surface area (Å²) in [6.45, 7) is 7.66. The van der Waals surface area contributed by atoms with Gasteiger partial charge in [-0.15, -0.1) is 0 Å². The SMILES string of the molecule is CC(C)(CNC(=O)CCCS)CC(C)(C)CC(=O)N[C@@H](CCC(=O)NCC(=O)O)C(=O)O. The highest BCUT2D eigenvalue weighted by atomic mass is 32.1. The molecular weight excluding hydrogens is 438 g/mol. The van der Waals surface area contributed by atoms with Gasteiger partial charge < -0.3 is 26.2 Å². The molecule has 0 spiro atoms. The van der Waals surface area contributed by atoms with Crippen LogP contribution in [-0.2, 0) is 24.0 Å². The highest BCUT2D eigenvalue weighted by molar-refractivity contribution is 7.80. The van der Waals surface area contributed by atoms with Gasteiger partial charge in [-0.1, -0.05) is 27.7 Å². The van der Waals surface area contributed by atoms with Crippen molar-refractivity contribution in [1.82, 2.24) is 16.0 Å². The first kappa shape index (κ1) is 29.7. The van der Waals surface area contributed by atoms with Crippen LogP contribution in [0.1, 0.15) is 66.2 Å². The van der Waals surface area contributed by atoms with Crippen LogP contribution < -0.4 is 16.0 Å². The van der Waals surface area contributed by atoms with Gasteiger partial charge in [-0.25, -0.2) is 4.79 Å². The van der Waals surface area contributed by atoms with Crippen molar-refractivity contribution in [3.63, 3.8) is 0 Å². The summed E-state index contributed by atoms with van der Waals surface area (Å²) in [6, 6.07) is -1.26. The molecule has 0 aliphatic carbocycles. The van der Waals surface area contributed by atoms with Gasteiger partial charge in [0.25, 0.3) is 0 Å². The Morgan fingerprint density at radius 1 is 0.875 bits per heavy atom. The fourth-order valence-electron chi connectivity index (χ4n) is 3.56. The zero-order chi connectivity index (χ0) is 24.9. The minimum Gasteiger partial charge on any atom is -0.480 e. The van der Waals surface area contributed by atoms with Crippen LogP contribution in [0.4, 0.5) is 0 Å². The number of carboxylic acid groups (broad SMARTS) is 2. The minimum atomic E-state index is -1.27. The van der Waals surface area contributed by atoms with Crippen molar-refractivity contribution >= 4 is 42.3 Å². The monoisotopic (exact) mass is 475 g/mol. The Kier molecular flexibility index (Phi) is 13.0. The summed E-state index contributed by atoms with van der Waals surface area (Å²) in [7, 11) is 0. The van der Waals surface area contributed by atoms with Gasteiger partial charge in [-0.05, 0) is 35.8 Å². The van der Waals surface area contributed by atoms with Crippen molar-refractivity contribution in [2.75, 3.05) is 18.8 Å². The lowest BCUT2D eigenvalue weighted by Gasteiger charge is -2.35. The molecule has 0 radical (unpaired) electrons. The van der Waals surface area contributed by atoms with Gasteiger partial charge in [0.05, 0.1) is 0 Å². The molecule has 0 rings (SSSR count). The molecule has 0 saturated carbocycles. The maximum atomic E-state index is 12.5. The lowest BCUT2D eigenvalue weighted by atomic mass is 9.73. The van der Waals surface area contributed by atoms with E-state index in [0.717, 1.165) is 0 Å². The van der Waals surface area contributed by atoms with Crippen LogP contribution in [0.15, 0.2) is 0 Å². The van der Waals surface area contributed by atoms with E-state index in [4.69, 9.17) is 5.11 Å². The highest BCUT2D eigenvalue weighted by Gasteiger charge is 2.32. The van der Waals surface area contributed by atoms with Crippen LogP contribution in [-0.4, -0.2) is 64.8 Å². The molecule has 184 valence electrons. The molecule has 10 nitrogen and oxygen atoms in total. The Morgan fingerprint density at radius 2 is 1.47 bits per heavy atom. The van der Waals surface area contributed by atoms with E-state index in [9.17, 15) is 29.1 Å². The van der Waals surface area contributed by atoms with E-state index < -0.39 is 41.8 Å². The van der Waals surface area contributed by atoms with Crippen LogP contribution in [0.25, 0.3) is 0 Å². The largest absolute Gasteiger partial charge is 0.480 e. The van der Waals surface area contributed by atoms with Crippen LogP contribution in [0, 0.1) is 10.8 Å². The molecule has 0 aliphatic heterocycles. The zero-order valence-electron chi connectivity index (χ0n) is 19.3. The third-order valence-corrected chi connectivity index (χ3v) is 4.97. The van der Waals surface area contributed by atoms with Crippen LogP contribution in [0.2, 0.25) is 0 Å². The summed E-state index contributed by atoms with van der Waals surface area (Å²) in [5, 5.41) is 25.4. The Hall–Kier alpha value is -2.30. The molecule has 0 aromatic carbocycles. The zero-order valence-corrected chi connectivity index (χ0v) is 20.2. The summed E-state index contributed by atoms with van der Waals surface area (Å²) in [5.74, 6) is -2.94. The first-order chi connectivity index (χ1) is 14.7. The second-order valence-corrected chi connectivity index (χ2v) is 9.90. The average molecular weight is 476 g/mol. The number of aliphatic carboxylic acids is 2.